The molecule has 2 aromatic heterocycles. The fourth-order valence-electron chi connectivity index (χ4n) is 3.36. The molecule has 11 heteroatoms. The zero-order valence-electron chi connectivity index (χ0n) is 20.4. The number of hydrazone groups is 1. The second kappa shape index (κ2) is 12.5. The van der Waals surface area contributed by atoms with Gasteiger partial charge in [0.05, 0.1) is 25.2 Å². The average molecular weight is 519 g/mol. The molecule has 190 valence electrons. The fraction of sp³-hybridized carbons (Fsp3) is 0.192. The van der Waals surface area contributed by atoms with Gasteiger partial charge in [0.2, 0.25) is 0 Å². The molecule has 4 aromatic rings. The van der Waals surface area contributed by atoms with E-state index < -0.39 is 0 Å². The van der Waals surface area contributed by atoms with E-state index in [1.807, 2.05) is 54.8 Å². The third kappa shape index (κ3) is 6.64. The molecular formula is C26H26N6O4S. The van der Waals surface area contributed by atoms with E-state index in [9.17, 15) is 9.90 Å². The molecule has 1 amide bonds. The van der Waals surface area contributed by atoms with Gasteiger partial charge in [-0.05, 0) is 74.0 Å². The van der Waals surface area contributed by atoms with E-state index in [1.165, 1.54) is 24.0 Å². The molecule has 10 nitrogen and oxygen atoms in total. The highest BCUT2D eigenvalue weighted by atomic mass is 32.2. The number of nitrogens with one attached hydrogen (secondary N) is 1. The lowest BCUT2D eigenvalue weighted by atomic mass is 10.2. The lowest BCUT2D eigenvalue weighted by molar-refractivity contribution is -0.118. The minimum atomic E-state index is -0.311. The number of carbonyl (C=O) groups is 1. The zero-order chi connectivity index (χ0) is 26.0. The molecule has 0 aliphatic heterocycles. The van der Waals surface area contributed by atoms with Crippen molar-refractivity contribution in [1.29, 1.82) is 0 Å². The van der Waals surface area contributed by atoms with E-state index in [-0.39, 0.29) is 17.4 Å². The van der Waals surface area contributed by atoms with E-state index in [0.717, 1.165) is 17.0 Å². The summed E-state index contributed by atoms with van der Waals surface area (Å²) in [6, 6.07) is 16.1. The van der Waals surface area contributed by atoms with E-state index >= 15 is 0 Å². The van der Waals surface area contributed by atoms with Crippen molar-refractivity contribution >= 4 is 23.9 Å². The highest BCUT2D eigenvalue weighted by Crippen LogP contribution is 2.29. The van der Waals surface area contributed by atoms with Crippen LogP contribution in [0.3, 0.4) is 0 Å². The summed E-state index contributed by atoms with van der Waals surface area (Å²) in [5.74, 6) is 1.52. The molecular weight excluding hydrogens is 492 g/mol. The van der Waals surface area contributed by atoms with Crippen LogP contribution in [-0.4, -0.2) is 55.9 Å². The number of amides is 1. The maximum Gasteiger partial charge on any atom is 0.250 e. The van der Waals surface area contributed by atoms with Crippen molar-refractivity contribution in [3.05, 3.63) is 72.6 Å². The smallest absolute Gasteiger partial charge is 0.250 e. The fourth-order valence-corrected chi connectivity index (χ4v) is 4.10. The standard InChI is InChI=1S/C26H26N6O4S/c1-3-35-21-10-8-20(9-11-21)32-25(19-6-5-13-27-16-19)30-31-26(32)37-17-24(34)29-28-15-18-7-12-22(33)23(14-18)36-4-2/h5-16,33H,3-4,17H2,1-2H3,(H,29,34)/b28-15+. The molecule has 0 saturated carbocycles. The lowest BCUT2D eigenvalue weighted by Crippen LogP contribution is -2.20. The molecule has 2 aromatic carbocycles. The summed E-state index contributed by atoms with van der Waals surface area (Å²) in [6.45, 7) is 4.76. The Kier molecular flexibility index (Phi) is 8.71. The second-order valence-electron chi connectivity index (χ2n) is 7.55. The molecule has 0 aliphatic carbocycles. The quantitative estimate of drug-likeness (QED) is 0.173. The number of nitrogens with zero attached hydrogens (tertiary/aromatic N) is 5. The summed E-state index contributed by atoms with van der Waals surface area (Å²) < 4.78 is 12.8. The number of aromatic nitrogens is 4. The minimum absolute atomic E-state index is 0.0433. The molecule has 0 saturated heterocycles. The first-order valence-electron chi connectivity index (χ1n) is 11.6. The lowest BCUT2D eigenvalue weighted by Gasteiger charge is -2.11. The third-order valence-electron chi connectivity index (χ3n) is 4.98. The van der Waals surface area contributed by atoms with Crippen LogP contribution in [0.25, 0.3) is 17.1 Å². The van der Waals surface area contributed by atoms with Gasteiger partial charge in [-0.15, -0.1) is 10.2 Å². The number of hydrogen-bond donors (Lipinski definition) is 2. The number of pyridine rings is 1. The predicted molar refractivity (Wildman–Crippen MR) is 141 cm³/mol. The molecule has 0 atom stereocenters. The van der Waals surface area contributed by atoms with Crippen molar-refractivity contribution < 1.29 is 19.4 Å². The second-order valence-corrected chi connectivity index (χ2v) is 8.49. The van der Waals surface area contributed by atoms with Crippen LogP contribution in [0.5, 0.6) is 17.2 Å². The summed E-state index contributed by atoms with van der Waals surface area (Å²) in [5.41, 5.74) is 4.80. The SMILES string of the molecule is CCOc1ccc(-n2c(SCC(=O)N/N=C/c3ccc(O)c(OCC)c3)nnc2-c2cccnc2)cc1. The van der Waals surface area contributed by atoms with Crippen LogP contribution in [0.2, 0.25) is 0 Å². The molecule has 2 heterocycles. The Morgan fingerprint density at radius 1 is 1.11 bits per heavy atom. The number of ether oxygens (including phenoxy) is 2. The van der Waals surface area contributed by atoms with Gasteiger partial charge >= 0.3 is 0 Å². The number of thioether (sulfide) groups is 1. The molecule has 0 aliphatic rings. The Balaban J connectivity index is 1.47. The van der Waals surface area contributed by atoms with Crippen molar-refractivity contribution in [3.63, 3.8) is 0 Å². The van der Waals surface area contributed by atoms with E-state index in [1.54, 1.807) is 24.5 Å². The van der Waals surface area contributed by atoms with Crippen LogP contribution in [0.15, 0.2) is 77.2 Å². The summed E-state index contributed by atoms with van der Waals surface area (Å²) in [6.07, 6.45) is 4.89. The number of phenols is 1. The minimum Gasteiger partial charge on any atom is -0.504 e. The van der Waals surface area contributed by atoms with Crippen molar-refractivity contribution in [1.82, 2.24) is 25.2 Å². The number of aromatic hydroxyl groups is 1. The van der Waals surface area contributed by atoms with Gasteiger partial charge in [-0.1, -0.05) is 11.8 Å². The Morgan fingerprint density at radius 3 is 2.65 bits per heavy atom. The molecule has 0 unspecified atom stereocenters. The molecule has 2 N–H and O–H groups in total. The van der Waals surface area contributed by atoms with Crippen LogP contribution < -0.4 is 14.9 Å². The first kappa shape index (κ1) is 25.7. The first-order chi connectivity index (χ1) is 18.1. The topological polar surface area (TPSA) is 124 Å². The number of hydrogen-bond acceptors (Lipinski definition) is 9. The van der Waals surface area contributed by atoms with E-state index in [2.05, 4.69) is 25.7 Å². The van der Waals surface area contributed by atoms with Gasteiger partial charge in [0.25, 0.3) is 5.91 Å². The van der Waals surface area contributed by atoms with Crippen LogP contribution in [-0.2, 0) is 4.79 Å². The molecule has 0 fully saturated rings. The van der Waals surface area contributed by atoms with Crippen LogP contribution in [0.4, 0.5) is 0 Å². The van der Waals surface area contributed by atoms with Crippen LogP contribution >= 0.6 is 11.8 Å². The summed E-state index contributed by atoms with van der Waals surface area (Å²) in [4.78, 5) is 16.7. The Labute approximate surface area is 218 Å². The Bertz CT molecular complexity index is 1360. The maximum atomic E-state index is 12.5. The molecule has 4 rings (SSSR count). The first-order valence-corrected chi connectivity index (χ1v) is 12.6. The van der Waals surface area contributed by atoms with Gasteiger partial charge in [-0.25, -0.2) is 5.43 Å². The zero-order valence-corrected chi connectivity index (χ0v) is 21.2. The van der Waals surface area contributed by atoms with E-state index in [4.69, 9.17) is 9.47 Å². The summed E-state index contributed by atoms with van der Waals surface area (Å²) in [5, 5.41) is 23.0. The van der Waals surface area contributed by atoms with Crippen LogP contribution in [0.1, 0.15) is 19.4 Å². The average Bonchev–Trinajstić information content (AvgIpc) is 3.34. The maximum absolute atomic E-state index is 12.5. The number of benzene rings is 2. The van der Waals surface area contributed by atoms with Crippen molar-refractivity contribution in [2.75, 3.05) is 19.0 Å². The largest absolute Gasteiger partial charge is 0.504 e. The van der Waals surface area contributed by atoms with Gasteiger partial charge in [0.15, 0.2) is 22.5 Å². The van der Waals surface area contributed by atoms with Gasteiger partial charge in [0, 0.05) is 23.6 Å². The van der Waals surface area contributed by atoms with Gasteiger partial charge in [0.1, 0.15) is 5.75 Å². The molecule has 0 radical (unpaired) electrons. The summed E-state index contributed by atoms with van der Waals surface area (Å²) >= 11 is 1.24. The Morgan fingerprint density at radius 2 is 1.92 bits per heavy atom. The van der Waals surface area contributed by atoms with Crippen molar-refractivity contribution in [2.45, 2.75) is 19.0 Å². The third-order valence-corrected chi connectivity index (χ3v) is 5.91. The van der Waals surface area contributed by atoms with Crippen molar-refractivity contribution in [3.8, 4) is 34.3 Å². The molecule has 0 bridgehead atoms. The van der Waals surface area contributed by atoms with E-state index in [0.29, 0.717) is 35.5 Å². The van der Waals surface area contributed by atoms with Gasteiger partial charge in [-0.2, -0.15) is 5.10 Å². The number of carbonyl (C=O) groups excluding carboxylic acids is 1. The monoisotopic (exact) mass is 518 g/mol. The van der Waals surface area contributed by atoms with Gasteiger partial charge < -0.3 is 14.6 Å². The molecule has 37 heavy (non-hydrogen) atoms. The predicted octanol–water partition coefficient (Wildman–Crippen LogP) is 4.07. The van der Waals surface area contributed by atoms with Crippen LogP contribution in [0, 0.1) is 0 Å². The molecule has 0 spiro atoms. The highest BCUT2D eigenvalue weighted by Gasteiger charge is 2.17. The summed E-state index contributed by atoms with van der Waals surface area (Å²) in [7, 11) is 0. The normalized spacial score (nSPS) is 11.0. The number of rotatable bonds is 11. The number of phenolic OH excluding ortho intramolecular Hbond substituents is 1. The highest BCUT2D eigenvalue weighted by molar-refractivity contribution is 7.99. The van der Waals surface area contributed by atoms with Crippen molar-refractivity contribution in [2.24, 2.45) is 5.10 Å². The Hall–Kier alpha value is -4.38. The van der Waals surface area contributed by atoms with Gasteiger partial charge in [-0.3, -0.25) is 14.3 Å².